The highest BCUT2D eigenvalue weighted by molar-refractivity contribution is 6.01. The Kier molecular flexibility index (Phi) is 4.09. The van der Waals surface area contributed by atoms with Gasteiger partial charge in [-0.3, -0.25) is 4.79 Å². The average molecular weight is 391 g/mol. The van der Waals surface area contributed by atoms with Crippen LogP contribution < -0.4 is 19.5 Å². The summed E-state index contributed by atoms with van der Waals surface area (Å²) in [5.41, 5.74) is 4.95. The lowest BCUT2D eigenvalue weighted by Crippen LogP contribution is -2.34. The minimum atomic E-state index is -0.133. The highest BCUT2D eigenvalue weighted by Gasteiger charge is 2.41. The number of nitrogens with one attached hydrogen (secondary N) is 1. The van der Waals surface area contributed by atoms with Crippen molar-refractivity contribution in [1.82, 2.24) is 0 Å². The van der Waals surface area contributed by atoms with E-state index in [4.69, 9.17) is 14.2 Å². The van der Waals surface area contributed by atoms with Crippen LogP contribution in [0.1, 0.15) is 43.7 Å². The Morgan fingerprint density at radius 3 is 2.41 bits per heavy atom. The van der Waals surface area contributed by atoms with E-state index in [9.17, 15) is 4.79 Å². The molecule has 1 aliphatic carbocycles. The molecule has 5 rings (SSSR count). The van der Waals surface area contributed by atoms with Crippen molar-refractivity contribution in [3.8, 4) is 17.2 Å². The second kappa shape index (κ2) is 6.55. The molecule has 0 unspecified atom stereocenters. The van der Waals surface area contributed by atoms with E-state index in [1.165, 1.54) is 0 Å². The van der Waals surface area contributed by atoms with E-state index < -0.39 is 0 Å². The Balaban J connectivity index is 1.70. The van der Waals surface area contributed by atoms with Crippen molar-refractivity contribution in [2.75, 3.05) is 25.6 Å². The molecule has 0 saturated heterocycles. The van der Waals surface area contributed by atoms with Crippen molar-refractivity contribution >= 4 is 11.5 Å². The van der Waals surface area contributed by atoms with Crippen LogP contribution in [0.2, 0.25) is 0 Å². The van der Waals surface area contributed by atoms with E-state index in [0.29, 0.717) is 19.6 Å². The van der Waals surface area contributed by atoms with Gasteiger partial charge >= 0.3 is 0 Å². The van der Waals surface area contributed by atoms with Crippen molar-refractivity contribution in [2.24, 2.45) is 5.41 Å². The second-order valence-electron chi connectivity index (χ2n) is 8.75. The maximum atomic E-state index is 13.3. The molecule has 1 atom stereocenters. The van der Waals surface area contributed by atoms with Gasteiger partial charge in [-0.05, 0) is 41.2 Å². The number of methoxy groups -OCH3 is 1. The number of fused-ring (bicyclic) bond motifs is 2. The van der Waals surface area contributed by atoms with Gasteiger partial charge in [-0.2, -0.15) is 0 Å². The summed E-state index contributed by atoms with van der Waals surface area (Å²) < 4.78 is 17.0. The van der Waals surface area contributed by atoms with Crippen LogP contribution in [0, 0.1) is 5.41 Å². The van der Waals surface area contributed by atoms with Gasteiger partial charge in [0.25, 0.3) is 0 Å². The van der Waals surface area contributed by atoms with E-state index in [1.807, 2.05) is 36.4 Å². The molecule has 150 valence electrons. The maximum absolute atomic E-state index is 13.3. The van der Waals surface area contributed by atoms with Gasteiger partial charge in [-0.15, -0.1) is 0 Å². The average Bonchev–Trinajstić information content (AvgIpc) is 2.70. The zero-order valence-corrected chi connectivity index (χ0v) is 17.0. The number of rotatable bonds is 2. The number of hydrogen-bond donors (Lipinski definition) is 1. The van der Waals surface area contributed by atoms with Crippen LogP contribution in [0.25, 0.3) is 0 Å². The summed E-state index contributed by atoms with van der Waals surface area (Å²) in [6, 6.07) is 12.0. The number of allylic oxidation sites excluding steroid dienone is 2. The molecule has 1 N–H and O–H groups in total. The van der Waals surface area contributed by atoms with Crippen LogP contribution in [0.4, 0.5) is 5.69 Å². The molecule has 0 aromatic heterocycles. The van der Waals surface area contributed by atoms with E-state index in [1.54, 1.807) is 7.11 Å². The molecule has 3 aliphatic rings. The maximum Gasteiger partial charge on any atom is 0.163 e. The topological polar surface area (TPSA) is 56.8 Å². The van der Waals surface area contributed by atoms with Gasteiger partial charge in [-0.25, -0.2) is 0 Å². The van der Waals surface area contributed by atoms with Crippen molar-refractivity contribution in [2.45, 2.75) is 32.6 Å². The van der Waals surface area contributed by atoms with Crippen molar-refractivity contribution < 1.29 is 19.0 Å². The Bertz CT molecular complexity index is 1020. The Morgan fingerprint density at radius 2 is 1.72 bits per heavy atom. The third-order valence-electron chi connectivity index (χ3n) is 5.97. The van der Waals surface area contributed by atoms with Crippen molar-refractivity contribution in [3.05, 3.63) is 58.8 Å². The lowest BCUT2D eigenvalue weighted by Gasteiger charge is -2.40. The predicted octanol–water partition coefficient (Wildman–Crippen LogP) is 4.67. The molecule has 0 spiro atoms. The first kappa shape index (κ1) is 18.1. The minimum absolute atomic E-state index is 0.0568. The molecule has 2 aromatic rings. The molecule has 0 bridgehead atoms. The largest absolute Gasteiger partial charge is 0.497 e. The Labute approximate surface area is 170 Å². The van der Waals surface area contributed by atoms with Gasteiger partial charge in [0.05, 0.1) is 7.11 Å². The van der Waals surface area contributed by atoms with Crippen LogP contribution in [-0.4, -0.2) is 26.1 Å². The van der Waals surface area contributed by atoms with Crippen LogP contribution in [-0.2, 0) is 4.79 Å². The zero-order valence-electron chi connectivity index (χ0n) is 17.0. The first-order chi connectivity index (χ1) is 13.9. The molecule has 0 saturated carbocycles. The number of anilines is 1. The molecule has 2 heterocycles. The number of hydrogen-bond acceptors (Lipinski definition) is 5. The highest BCUT2D eigenvalue weighted by atomic mass is 16.6. The van der Waals surface area contributed by atoms with E-state index >= 15 is 0 Å². The monoisotopic (exact) mass is 391 g/mol. The zero-order chi connectivity index (χ0) is 20.2. The summed E-state index contributed by atoms with van der Waals surface area (Å²) in [7, 11) is 1.66. The molecule has 2 aliphatic heterocycles. The molecule has 0 fully saturated rings. The number of benzene rings is 2. The predicted molar refractivity (Wildman–Crippen MR) is 111 cm³/mol. The normalized spacial score (nSPS) is 21.8. The molecule has 2 aromatic carbocycles. The van der Waals surface area contributed by atoms with Crippen LogP contribution >= 0.6 is 0 Å². The fraction of sp³-hybridized carbons (Fsp3) is 0.375. The Morgan fingerprint density at radius 1 is 1.03 bits per heavy atom. The second-order valence-corrected chi connectivity index (χ2v) is 8.75. The third kappa shape index (κ3) is 3.05. The van der Waals surface area contributed by atoms with Gasteiger partial charge in [0, 0.05) is 35.4 Å². The third-order valence-corrected chi connectivity index (χ3v) is 5.97. The molecule has 0 radical (unpaired) electrons. The highest BCUT2D eigenvalue weighted by Crippen LogP contribution is 2.51. The van der Waals surface area contributed by atoms with Crippen molar-refractivity contribution in [1.29, 1.82) is 0 Å². The van der Waals surface area contributed by atoms with Crippen LogP contribution in [0.3, 0.4) is 0 Å². The van der Waals surface area contributed by atoms with Crippen LogP contribution in [0.15, 0.2) is 47.7 Å². The number of carbonyl (C=O) groups excluding carboxylic acids is 1. The summed E-state index contributed by atoms with van der Waals surface area (Å²) in [6.45, 7) is 5.39. The van der Waals surface area contributed by atoms with Gasteiger partial charge in [0.1, 0.15) is 19.0 Å². The molecule has 5 nitrogen and oxygen atoms in total. The smallest absolute Gasteiger partial charge is 0.163 e. The lowest BCUT2D eigenvalue weighted by molar-refractivity contribution is -0.118. The van der Waals surface area contributed by atoms with Gasteiger partial charge < -0.3 is 19.5 Å². The number of ketones is 1. The minimum Gasteiger partial charge on any atom is -0.497 e. The van der Waals surface area contributed by atoms with Gasteiger partial charge in [0.2, 0.25) is 0 Å². The summed E-state index contributed by atoms with van der Waals surface area (Å²) in [4.78, 5) is 13.3. The van der Waals surface area contributed by atoms with E-state index in [-0.39, 0.29) is 17.1 Å². The number of ether oxygens (including phenoxy) is 3. The first-order valence-electron chi connectivity index (χ1n) is 10.1. The summed E-state index contributed by atoms with van der Waals surface area (Å²) in [6.07, 6.45) is 1.40. The molecule has 29 heavy (non-hydrogen) atoms. The summed E-state index contributed by atoms with van der Waals surface area (Å²) in [5.74, 6) is 2.37. The van der Waals surface area contributed by atoms with Crippen molar-refractivity contribution in [3.63, 3.8) is 0 Å². The Hall–Kier alpha value is -2.95. The SMILES string of the molecule is COc1ccc([C@H]2C3=C(CC(C)(C)CC3=O)Nc3cc4c(cc32)OCCO4)cc1. The standard InChI is InChI=1S/C24H25NO4/c1-24(2)12-18-23(19(26)13-24)22(14-4-6-15(27-3)7-5-14)16-10-20-21(11-17(16)25-18)29-9-8-28-20/h4-7,10-11,22,25H,8-9,12-13H2,1-3H3/t22-/m1/s1. The van der Waals surface area contributed by atoms with E-state index in [2.05, 4.69) is 19.2 Å². The first-order valence-corrected chi connectivity index (χ1v) is 10.1. The van der Waals surface area contributed by atoms with E-state index in [0.717, 1.165) is 51.8 Å². The molecular formula is C24H25NO4. The number of carbonyl (C=O) groups is 1. The molecule has 0 amide bonds. The van der Waals surface area contributed by atoms with Crippen LogP contribution in [0.5, 0.6) is 17.2 Å². The summed E-state index contributed by atoms with van der Waals surface area (Å²) >= 11 is 0. The fourth-order valence-electron chi connectivity index (χ4n) is 4.69. The quantitative estimate of drug-likeness (QED) is 0.806. The molecule has 5 heteroatoms. The molecular weight excluding hydrogens is 366 g/mol. The van der Waals surface area contributed by atoms with Gasteiger partial charge in [-0.1, -0.05) is 26.0 Å². The fourth-order valence-corrected chi connectivity index (χ4v) is 4.69. The lowest BCUT2D eigenvalue weighted by atomic mass is 9.68. The number of Topliss-reactive ketones (excluding diaryl/α,β-unsaturated/α-hetero) is 1. The summed E-state index contributed by atoms with van der Waals surface area (Å²) in [5, 5.41) is 3.56. The van der Waals surface area contributed by atoms with Gasteiger partial charge in [0.15, 0.2) is 17.3 Å².